The van der Waals surface area contributed by atoms with Crippen LogP contribution in [0.25, 0.3) is 11.5 Å². The highest BCUT2D eigenvalue weighted by molar-refractivity contribution is 5.72. The first-order valence-corrected chi connectivity index (χ1v) is 7.35. The highest BCUT2D eigenvalue weighted by Crippen LogP contribution is 2.26. The van der Waals surface area contributed by atoms with Crippen LogP contribution in [0.5, 0.6) is 11.5 Å². The first kappa shape index (κ1) is 15.5. The minimum absolute atomic E-state index is 0.335. The van der Waals surface area contributed by atoms with Gasteiger partial charge in [0.15, 0.2) is 5.82 Å². The highest BCUT2D eigenvalue weighted by atomic mass is 16.5. The number of hydrogen-bond acceptors (Lipinski definition) is 5. The van der Waals surface area contributed by atoms with Gasteiger partial charge in [-0.3, -0.25) is 0 Å². The smallest absolute Gasteiger partial charge is 0.312 e. The second kappa shape index (κ2) is 6.82. The fourth-order valence-electron chi connectivity index (χ4n) is 2.12. The number of urea groups is 1. The number of amides is 2. The van der Waals surface area contributed by atoms with Crippen LogP contribution in [0.15, 0.2) is 59.1 Å². The van der Waals surface area contributed by atoms with Crippen LogP contribution in [-0.2, 0) is 0 Å². The number of carbonyl (C=O) groups excluding carboxylic acids is 1. The summed E-state index contributed by atoms with van der Waals surface area (Å²) in [5.41, 5.74) is 5.81. The molecule has 0 aliphatic heterocycles. The molecule has 0 spiro atoms. The average molecular weight is 324 g/mol. The van der Waals surface area contributed by atoms with Crippen LogP contribution in [0, 0.1) is 0 Å². The summed E-state index contributed by atoms with van der Waals surface area (Å²) in [7, 11) is 0. The molecule has 122 valence electrons. The maximum absolute atomic E-state index is 10.9. The van der Waals surface area contributed by atoms with Gasteiger partial charge in [-0.25, -0.2) is 4.79 Å². The molecule has 0 fully saturated rings. The Kier molecular flexibility index (Phi) is 4.42. The summed E-state index contributed by atoms with van der Waals surface area (Å²) >= 11 is 0. The van der Waals surface area contributed by atoms with Gasteiger partial charge in [0.1, 0.15) is 11.5 Å². The number of nitrogens with zero attached hydrogens (tertiary/aromatic N) is 2. The normalized spacial score (nSPS) is 11.7. The fraction of sp³-hybridized carbons (Fsp3) is 0.118. The van der Waals surface area contributed by atoms with E-state index < -0.39 is 12.1 Å². The Hall–Kier alpha value is -3.35. The number of nitrogens with two attached hydrogens (primary N) is 1. The number of para-hydroxylation sites is 1. The van der Waals surface area contributed by atoms with E-state index in [1.54, 1.807) is 13.0 Å². The van der Waals surface area contributed by atoms with Gasteiger partial charge in [-0.2, -0.15) is 4.98 Å². The number of carbonyl (C=O) groups is 1. The molecule has 1 heterocycles. The molecule has 1 unspecified atom stereocenters. The average Bonchev–Trinajstić information content (AvgIpc) is 3.06. The molecule has 0 saturated carbocycles. The zero-order chi connectivity index (χ0) is 16.9. The summed E-state index contributed by atoms with van der Waals surface area (Å²) in [5, 5.41) is 6.36. The summed E-state index contributed by atoms with van der Waals surface area (Å²) in [6.07, 6.45) is 0. The number of aromatic nitrogens is 2. The minimum Gasteiger partial charge on any atom is -0.457 e. The van der Waals surface area contributed by atoms with Crippen LogP contribution < -0.4 is 15.8 Å². The van der Waals surface area contributed by atoms with E-state index in [9.17, 15) is 4.79 Å². The van der Waals surface area contributed by atoms with Crippen LogP contribution in [0.4, 0.5) is 4.79 Å². The molecule has 0 aliphatic rings. The van der Waals surface area contributed by atoms with Gasteiger partial charge >= 0.3 is 6.03 Å². The maximum atomic E-state index is 10.9. The van der Waals surface area contributed by atoms with Crippen LogP contribution in [0.1, 0.15) is 18.8 Å². The fourth-order valence-corrected chi connectivity index (χ4v) is 2.12. The lowest BCUT2D eigenvalue weighted by Gasteiger charge is -2.06. The van der Waals surface area contributed by atoms with Crippen molar-refractivity contribution in [1.29, 1.82) is 0 Å². The third-order valence-electron chi connectivity index (χ3n) is 3.25. The molecule has 3 rings (SSSR count). The number of rotatable bonds is 5. The lowest BCUT2D eigenvalue weighted by Crippen LogP contribution is -2.32. The van der Waals surface area contributed by atoms with E-state index >= 15 is 0 Å². The predicted octanol–water partition coefficient (Wildman–Crippen LogP) is 3.26. The Morgan fingerprint density at radius 3 is 2.67 bits per heavy atom. The molecular formula is C17H16N4O3. The Bertz CT molecular complexity index is 833. The van der Waals surface area contributed by atoms with Crippen molar-refractivity contribution in [2.45, 2.75) is 13.0 Å². The SMILES string of the molecule is CC(NC(N)=O)c1noc(-c2cccc(Oc3ccccc3)c2)n1. The molecular weight excluding hydrogens is 308 g/mol. The van der Waals surface area contributed by atoms with E-state index in [0.29, 0.717) is 23.0 Å². The third-order valence-corrected chi connectivity index (χ3v) is 3.25. The first-order valence-electron chi connectivity index (χ1n) is 7.35. The Labute approximate surface area is 138 Å². The lowest BCUT2D eigenvalue weighted by molar-refractivity contribution is 0.245. The molecule has 0 radical (unpaired) electrons. The molecule has 3 N–H and O–H groups in total. The van der Waals surface area contributed by atoms with Crippen molar-refractivity contribution in [3.63, 3.8) is 0 Å². The molecule has 3 aromatic rings. The molecule has 7 nitrogen and oxygen atoms in total. The summed E-state index contributed by atoms with van der Waals surface area (Å²) in [4.78, 5) is 15.2. The monoisotopic (exact) mass is 324 g/mol. The molecule has 24 heavy (non-hydrogen) atoms. The quantitative estimate of drug-likeness (QED) is 0.749. The second-order valence-corrected chi connectivity index (χ2v) is 5.13. The number of benzene rings is 2. The summed E-state index contributed by atoms with van der Waals surface area (Å²) < 4.78 is 11.0. The molecule has 7 heteroatoms. The van der Waals surface area contributed by atoms with Gasteiger partial charge in [0.05, 0.1) is 6.04 Å². The van der Waals surface area contributed by atoms with Crippen molar-refractivity contribution in [2.75, 3.05) is 0 Å². The van der Waals surface area contributed by atoms with Gasteiger partial charge in [-0.1, -0.05) is 29.4 Å². The number of primary amides is 1. The Morgan fingerprint density at radius 1 is 1.17 bits per heavy atom. The first-order chi connectivity index (χ1) is 11.6. The number of ether oxygens (including phenoxy) is 1. The Morgan fingerprint density at radius 2 is 1.92 bits per heavy atom. The molecule has 2 amide bonds. The van der Waals surface area contributed by atoms with Crippen molar-refractivity contribution in [3.05, 3.63) is 60.4 Å². The molecule has 0 saturated heterocycles. The summed E-state index contributed by atoms with van der Waals surface area (Å²) in [5.74, 6) is 2.07. The molecule has 0 aliphatic carbocycles. The van der Waals surface area contributed by atoms with Crippen molar-refractivity contribution >= 4 is 6.03 Å². The zero-order valence-corrected chi connectivity index (χ0v) is 13.0. The zero-order valence-electron chi connectivity index (χ0n) is 13.0. The van der Waals surface area contributed by atoms with Crippen molar-refractivity contribution in [2.24, 2.45) is 5.73 Å². The van der Waals surface area contributed by atoms with Crippen molar-refractivity contribution in [1.82, 2.24) is 15.5 Å². The van der Waals surface area contributed by atoms with E-state index in [-0.39, 0.29) is 0 Å². The summed E-state index contributed by atoms with van der Waals surface area (Å²) in [6, 6.07) is 15.7. The predicted molar refractivity (Wildman–Crippen MR) is 87.4 cm³/mol. The lowest BCUT2D eigenvalue weighted by atomic mass is 10.2. The molecule has 1 atom stereocenters. The van der Waals surface area contributed by atoms with E-state index in [0.717, 1.165) is 5.75 Å². The maximum Gasteiger partial charge on any atom is 0.312 e. The Balaban J connectivity index is 1.79. The molecule has 1 aromatic heterocycles. The highest BCUT2D eigenvalue weighted by Gasteiger charge is 2.16. The van der Waals surface area contributed by atoms with Crippen LogP contribution in [-0.4, -0.2) is 16.2 Å². The van der Waals surface area contributed by atoms with Crippen molar-refractivity contribution < 1.29 is 14.1 Å². The van der Waals surface area contributed by atoms with Gasteiger partial charge in [-0.15, -0.1) is 0 Å². The third kappa shape index (κ3) is 3.70. The largest absolute Gasteiger partial charge is 0.457 e. The van der Waals surface area contributed by atoms with E-state index in [1.165, 1.54) is 0 Å². The molecule has 2 aromatic carbocycles. The van der Waals surface area contributed by atoms with Crippen LogP contribution in [0.3, 0.4) is 0 Å². The molecule has 0 bridgehead atoms. The van der Waals surface area contributed by atoms with Gasteiger partial charge in [0.25, 0.3) is 5.89 Å². The van der Waals surface area contributed by atoms with Gasteiger partial charge in [0, 0.05) is 5.56 Å². The van der Waals surface area contributed by atoms with Gasteiger partial charge in [0.2, 0.25) is 0 Å². The minimum atomic E-state index is -0.646. The summed E-state index contributed by atoms with van der Waals surface area (Å²) in [6.45, 7) is 1.72. The topological polar surface area (TPSA) is 103 Å². The standard InChI is InChI=1S/C17H16N4O3/c1-11(19-17(18)22)15-20-16(24-21-15)12-6-5-9-14(10-12)23-13-7-3-2-4-8-13/h2-11H,1H3,(H3,18,19,22). The van der Waals surface area contributed by atoms with Crippen LogP contribution >= 0.6 is 0 Å². The van der Waals surface area contributed by atoms with Gasteiger partial charge < -0.3 is 20.3 Å². The van der Waals surface area contributed by atoms with Crippen LogP contribution in [0.2, 0.25) is 0 Å². The second-order valence-electron chi connectivity index (χ2n) is 5.13. The van der Waals surface area contributed by atoms with Crippen molar-refractivity contribution in [3.8, 4) is 23.0 Å². The van der Waals surface area contributed by atoms with Gasteiger partial charge in [-0.05, 0) is 37.3 Å². The van der Waals surface area contributed by atoms with E-state index in [2.05, 4.69) is 15.5 Å². The van der Waals surface area contributed by atoms with E-state index in [1.807, 2.05) is 48.5 Å². The van der Waals surface area contributed by atoms with E-state index in [4.69, 9.17) is 15.0 Å². The number of nitrogens with one attached hydrogen (secondary N) is 1. The number of hydrogen-bond donors (Lipinski definition) is 2.